The van der Waals surface area contributed by atoms with E-state index in [1.54, 1.807) is 12.4 Å². The van der Waals surface area contributed by atoms with Crippen LogP contribution in [-0.4, -0.2) is 27.9 Å². The molecule has 1 saturated heterocycles. The highest BCUT2D eigenvalue weighted by molar-refractivity contribution is 5.87. The first-order chi connectivity index (χ1) is 9.10. The molecule has 4 nitrogen and oxygen atoms in total. The number of nitrogens with two attached hydrogens (primary N) is 1. The average Bonchev–Trinajstić information content (AvgIpc) is 3.18. The molecule has 2 unspecified atom stereocenters. The minimum atomic E-state index is -0.685. The molecule has 2 fully saturated rings. The van der Waals surface area contributed by atoms with Crippen molar-refractivity contribution in [1.82, 2.24) is 9.88 Å². The molecule has 1 aromatic heterocycles. The van der Waals surface area contributed by atoms with Gasteiger partial charge in [0.2, 0.25) is 5.91 Å². The second-order valence-corrected chi connectivity index (χ2v) is 5.99. The molecule has 2 heterocycles. The maximum Gasteiger partial charge on any atom is 0.243 e. The van der Waals surface area contributed by atoms with Gasteiger partial charge in [-0.25, -0.2) is 0 Å². The molecule has 1 amide bonds. The number of rotatable bonds is 3. The van der Waals surface area contributed by atoms with E-state index in [0.29, 0.717) is 5.92 Å². The van der Waals surface area contributed by atoms with Crippen molar-refractivity contribution in [2.75, 3.05) is 6.54 Å². The normalized spacial score (nSPS) is 26.2. The summed E-state index contributed by atoms with van der Waals surface area (Å²) in [5.74, 6) is 0.494. The molecule has 0 spiro atoms. The van der Waals surface area contributed by atoms with Gasteiger partial charge in [0.05, 0.1) is 11.6 Å². The molecular weight excluding hydrogens is 238 g/mol. The Labute approximate surface area is 114 Å². The van der Waals surface area contributed by atoms with Crippen LogP contribution in [0.3, 0.4) is 0 Å². The predicted octanol–water partition coefficient (Wildman–Crippen LogP) is 1.87. The summed E-state index contributed by atoms with van der Waals surface area (Å²) in [5, 5.41) is 0. The average molecular weight is 259 g/mol. The molecule has 19 heavy (non-hydrogen) atoms. The zero-order chi connectivity index (χ0) is 13.5. The Hall–Kier alpha value is -1.42. The number of nitrogens with zero attached hydrogens (tertiary/aromatic N) is 2. The molecule has 2 atom stereocenters. The second kappa shape index (κ2) is 4.60. The van der Waals surface area contributed by atoms with Crippen molar-refractivity contribution < 1.29 is 4.79 Å². The molecule has 1 saturated carbocycles. The van der Waals surface area contributed by atoms with Crippen molar-refractivity contribution in [3.05, 3.63) is 30.1 Å². The number of carbonyl (C=O) groups is 1. The summed E-state index contributed by atoms with van der Waals surface area (Å²) in [5.41, 5.74) is 6.77. The monoisotopic (exact) mass is 259 g/mol. The molecule has 1 aliphatic heterocycles. The third-order valence-corrected chi connectivity index (χ3v) is 4.49. The number of amides is 1. The van der Waals surface area contributed by atoms with Crippen LogP contribution in [0.5, 0.6) is 0 Å². The minimum absolute atomic E-state index is 0.120. The summed E-state index contributed by atoms with van der Waals surface area (Å²) < 4.78 is 0. The summed E-state index contributed by atoms with van der Waals surface area (Å²) in [6.45, 7) is 2.72. The predicted molar refractivity (Wildman–Crippen MR) is 73.2 cm³/mol. The Bertz CT molecular complexity index is 468. The topological polar surface area (TPSA) is 59.2 Å². The van der Waals surface area contributed by atoms with Crippen LogP contribution in [-0.2, 0) is 4.79 Å². The molecule has 1 aromatic rings. The summed E-state index contributed by atoms with van der Waals surface area (Å²) >= 11 is 0. The smallest absolute Gasteiger partial charge is 0.243 e. The van der Waals surface area contributed by atoms with Crippen molar-refractivity contribution >= 4 is 5.91 Å². The first-order valence-corrected chi connectivity index (χ1v) is 7.10. The maximum absolute atomic E-state index is 12.7. The fraction of sp³-hybridized carbons (Fsp3) is 0.600. The molecule has 4 heteroatoms. The number of aromatic nitrogens is 1. The van der Waals surface area contributed by atoms with Gasteiger partial charge in [0.25, 0.3) is 0 Å². The maximum atomic E-state index is 12.7. The first kappa shape index (κ1) is 12.6. The van der Waals surface area contributed by atoms with Crippen LogP contribution in [0.4, 0.5) is 0 Å². The highest BCUT2D eigenvalue weighted by Crippen LogP contribution is 2.41. The molecule has 0 radical (unpaired) electrons. The van der Waals surface area contributed by atoms with E-state index in [9.17, 15) is 4.79 Å². The van der Waals surface area contributed by atoms with E-state index in [1.807, 2.05) is 24.0 Å². The Balaban J connectivity index is 1.82. The van der Waals surface area contributed by atoms with Crippen molar-refractivity contribution in [2.45, 2.75) is 44.2 Å². The van der Waals surface area contributed by atoms with Gasteiger partial charge in [0.15, 0.2) is 0 Å². The molecule has 3 rings (SSSR count). The molecule has 0 aromatic carbocycles. The van der Waals surface area contributed by atoms with E-state index >= 15 is 0 Å². The highest BCUT2D eigenvalue weighted by Gasteiger charge is 2.47. The summed E-state index contributed by atoms with van der Waals surface area (Å²) in [7, 11) is 0. The van der Waals surface area contributed by atoms with Gasteiger partial charge in [-0.1, -0.05) is 0 Å². The zero-order valence-electron chi connectivity index (χ0n) is 11.4. The largest absolute Gasteiger partial charge is 0.334 e. The fourth-order valence-corrected chi connectivity index (χ4v) is 3.11. The Morgan fingerprint density at radius 2 is 2.05 bits per heavy atom. The van der Waals surface area contributed by atoms with Crippen LogP contribution in [0.2, 0.25) is 0 Å². The van der Waals surface area contributed by atoms with Gasteiger partial charge >= 0.3 is 0 Å². The lowest BCUT2D eigenvalue weighted by atomic mass is 9.94. The van der Waals surface area contributed by atoms with Gasteiger partial charge in [0, 0.05) is 18.9 Å². The number of carbonyl (C=O) groups excluding carboxylic acids is 1. The summed E-state index contributed by atoms with van der Waals surface area (Å²) in [4.78, 5) is 18.7. The van der Waals surface area contributed by atoms with Gasteiger partial charge < -0.3 is 10.6 Å². The molecule has 0 bridgehead atoms. The fourth-order valence-electron chi connectivity index (χ4n) is 3.11. The molecular formula is C15H21N3O. The summed E-state index contributed by atoms with van der Waals surface area (Å²) in [6, 6.07) is 4.18. The van der Waals surface area contributed by atoms with Crippen LogP contribution in [0.25, 0.3) is 0 Å². The zero-order valence-corrected chi connectivity index (χ0v) is 11.4. The standard InChI is InChI=1S/C15H21N3O/c1-15(16,12-4-5-12)14(19)18-10-2-3-13(18)11-6-8-17-9-7-11/h6-9,12-13H,2-5,10,16H2,1H3. The van der Waals surface area contributed by atoms with Crippen LogP contribution in [0.15, 0.2) is 24.5 Å². The van der Waals surface area contributed by atoms with Gasteiger partial charge in [-0.3, -0.25) is 9.78 Å². The van der Waals surface area contributed by atoms with E-state index in [1.165, 1.54) is 5.56 Å². The van der Waals surface area contributed by atoms with E-state index in [4.69, 9.17) is 5.73 Å². The number of pyridine rings is 1. The van der Waals surface area contributed by atoms with Crippen molar-refractivity contribution in [3.63, 3.8) is 0 Å². The summed E-state index contributed by atoms with van der Waals surface area (Å²) in [6.07, 6.45) is 7.84. The van der Waals surface area contributed by atoms with E-state index < -0.39 is 5.54 Å². The molecule has 2 N–H and O–H groups in total. The quantitative estimate of drug-likeness (QED) is 0.901. The number of likely N-dealkylation sites (tertiary alicyclic amines) is 1. The molecule has 2 aliphatic rings. The Kier molecular flexibility index (Phi) is 3.05. The highest BCUT2D eigenvalue weighted by atomic mass is 16.2. The number of hydrogen-bond acceptors (Lipinski definition) is 3. The van der Waals surface area contributed by atoms with E-state index in [0.717, 1.165) is 32.2 Å². The van der Waals surface area contributed by atoms with E-state index in [-0.39, 0.29) is 11.9 Å². The molecule has 102 valence electrons. The lowest BCUT2D eigenvalue weighted by Gasteiger charge is -2.33. The van der Waals surface area contributed by atoms with E-state index in [2.05, 4.69) is 4.98 Å². The van der Waals surface area contributed by atoms with Crippen LogP contribution in [0, 0.1) is 5.92 Å². The lowest BCUT2D eigenvalue weighted by molar-refractivity contribution is -0.138. The van der Waals surface area contributed by atoms with Gasteiger partial charge in [-0.15, -0.1) is 0 Å². The van der Waals surface area contributed by atoms with Gasteiger partial charge in [-0.2, -0.15) is 0 Å². The number of hydrogen-bond donors (Lipinski definition) is 1. The minimum Gasteiger partial charge on any atom is -0.334 e. The second-order valence-electron chi connectivity index (χ2n) is 5.99. The van der Waals surface area contributed by atoms with Crippen LogP contribution < -0.4 is 5.73 Å². The molecule has 1 aliphatic carbocycles. The van der Waals surface area contributed by atoms with Crippen molar-refractivity contribution in [1.29, 1.82) is 0 Å². The SMILES string of the molecule is CC(N)(C(=O)N1CCCC1c1ccncc1)C1CC1. The Morgan fingerprint density at radius 1 is 1.37 bits per heavy atom. The third kappa shape index (κ3) is 2.25. The van der Waals surface area contributed by atoms with Gasteiger partial charge in [0.1, 0.15) is 0 Å². The third-order valence-electron chi connectivity index (χ3n) is 4.49. The van der Waals surface area contributed by atoms with Crippen LogP contribution in [0.1, 0.15) is 44.2 Å². The lowest BCUT2D eigenvalue weighted by Crippen LogP contribution is -2.54. The Morgan fingerprint density at radius 3 is 2.68 bits per heavy atom. The first-order valence-electron chi connectivity index (χ1n) is 7.10. The van der Waals surface area contributed by atoms with Crippen molar-refractivity contribution in [2.24, 2.45) is 11.7 Å². The van der Waals surface area contributed by atoms with Crippen LogP contribution >= 0.6 is 0 Å². The van der Waals surface area contributed by atoms with Gasteiger partial charge in [-0.05, 0) is 56.2 Å². The van der Waals surface area contributed by atoms with Crippen molar-refractivity contribution in [3.8, 4) is 0 Å².